The predicted octanol–water partition coefficient (Wildman–Crippen LogP) is 1.63. The summed E-state index contributed by atoms with van der Waals surface area (Å²) in [6.45, 7) is 2.50. The summed E-state index contributed by atoms with van der Waals surface area (Å²) >= 11 is 0. The number of halogens is 12. The third kappa shape index (κ3) is 307. The van der Waals surface area contributed by atoms with E-state index in [1.165, 1.54) is 19.5 Å². The standard InChI is InChI=1S/C3H7N.CH4.3BF4.K.H/c1-2-4-3-1;;3*2-1(3,4)5;;/h4H,1-3H2;1H4;;;;;/q;;3*-1;+1;-1. The van der Waals surface area contributed by atoms with Gasteiger partial charge in [-0.3, -0.25) is 0 Å². The van der Waals surface area contributed by atoms with Gasteiger partial charge in [0.2, 0.25) is 0 Å². The molecule has 1 rings (SSSR count). The van der Waals surface area contributed by atoms with Crippen molar-refractivity contribution in [2.45, 2.75) is 13.8 Å². The Hall–Kier alpha value is 0.951. The summed E-state index contributed by atoms with van der Waals surface area (Å²) in [5.74, 6) is 0. The van der Waals surface area contributed by atoms with Gasteiger partial charge in [-0.15, -0.1) is 0 Å². The van der Waals surface area contributed by atoms with E-state index in [9.17, 15) is 51.8 Å². The Bertz CT molecular complexity index is 155. The molecule has 0 aromatic heterocycles. The average Bonchev–Trinajstić information content (AvgIpc) is 1.62. The Morgan fingerprint density at radius 2 is 0.619 bits per heavy atom. The molecular formula is C4H12B3F12KN-3. The molecule has 21 heavy (non-hydrogen) atoms. The molecule has 1 aliphatic heterocycles. The monoisotopic (exact) mass is 374 g/mol. The number of hydrogen-bond donors (Lipinski definition) is 1. The van der Waals surface area contributed by atoms with Crippen LogP contribution >= 0.6 is 0 Å². The van der Waals surface area contributed by atoms with Gasteiger partial charge < -0.3 is 58.5 Å². The van der Waals surface area contributed by atoms with Crippen LogP contribution in [-0.2, 0) is 0 Å². The molecular weight excluding hydrogens is 362 g/mol. The quantitative estimate of drug-likeness (QED) is 0.503. The van der Waals surface area contributed by atoms with Gasteiger partial charge in [-0.1, -0.05) is 7.43 Å². The van der Waals surface area contributed by atoms with Gasteiger partial charge >= 0.3 is 73.1 Å². The van der Waals surface area contributed by atoms with Crippen LogP contribution in [0.5, 0.6) is 0 Å². The van der Waals surface area contributed by atoms with Gasteiger partial charge in [0, 0.05) is 0 Å². The van der Waals surface area contributed by atoms with Crippen molar-refractivity contribution < 1.29 is 105 Å². The van der Waals surface area contributed by atoms with E-state index in [0.29, 0.717) is 0 Å². The summed E-state index contributed by atoms with van der Waals surface area (Å²) in [5.41, 5.74) is 0. The minimum atomic E-state index is -6.00. The second-order valence-corrected chi connectivity index (χ2v) is 2.59. The zero-order valence-corrected chi connectivity index (χ0v) is 13.0. The number of nitrogens with one attached hydrogen (secondary N) is 1. The van der Waals surface area contributed by atoms with Gasteiger partial charge in [0.25, 0.3) is 0 Å². The SMILES string of the molecule is C.C1CNC1.F[B-](F)(F)F.F[B-](F)(F)F.F[B-](F)(F)F.[H-].[K+]. The van der Waals surface area contributed by atoms with Gasteiger partial charge in [0.1, 0.15) is 0 Å². The van der Waals surface area contributed by atoms with Crippen LogP contribution in [-0.4, -0.2) is 34.9 Å². The van der Waals surface area contributed by atoms with Crippen molar-refractivity contribution in [2.24, 2.45) is 0 Å². The normalized spacial score (nSPS) is 13.1. The second kappa shape index (κ2) is 15.8. The third-order valence-electron chi connectivity index (χ3n) is 0.707. The van der Waals surface area contributed by atoms with Gasteiger partial charge in [-0.05, 0) is 19.5 Å². The van der Waals surface area contributed by atoms with Crippen molar-refractivity contribution in [3.8, 4) is 0 Å². The van der Waals surface area contributed by atoms with E-state index in [1.54, 1.807) is 0 Å². The molecule has 1 nitrogen and oxygen atoms in total. The number of rotatable bonds is 0. The van der Waals surface area contributed by atoms with Crippen LogP contribution in [0.15, 0.2) is 0 Å². The van der Waals surface area contributed by atoms with Crippen molar-refractivity contribution in [2.75, 3.05) is 13.1 Å². The fourth-order valence-electron chi connectivity index (χ4n) is 0.177. The fraction of sp³-hybridized carbons (Fsp3) is 1.00. The molecule has 17 heteroatoms. The van der Waals surface area contributed by atoms with Crippen molar-refractivity contribution in [1.82, 2.24) is 5.32 Å². The molecule has 0 unspecified atom stereocenters. The molecule has 0 saturated carbocycles. The summed E-state index contributed by atoms with van der Waals surface area (Å²) in [7, 11) is -18.0. The van der Waals surface area contributed by atoms with E-state index < -0.39 is 21.8 Å². The molecule has 0 bridgehead atoms. The van der Waals surface area contributed by atoms with Crippen molar-refractivity contribution in [3.63, 3.8) is 0 Å². The van der Waals surface area contributed by atoms with Gasteiger partial charge in [-0.2, -0.15) is 0 Å². The van der Waals surface area contributed by atoms with Crippen LogP contribution in [0.4, 0.5) is 51.8 Å². The van der Waals surface area contributed by atoms with E-state index in [0.717, 1.165) is 0 Å². The fourth-order valence-corrected chi connectivity index (χ4v) is 0.177. The Balaban J connectivity index is -0.0000000371. The molecule has 0 radical (unpaired) electrons. The third-order valence-corrected chi connectivity index (χ3v) is 0.707. The summed E-state index contributed by atoms with van der Waals surface area (Å²) in [6.07, 6.45) is 1.39. The van der Waals surface area contributed by atoms with E-state index in [-0.39, 0.29) is 60.2 Å². The van der Waals surface area contributed by atoms with Crippen LogP contribution in [0.25, 0.3) is 0 Å². The molecule has 130 valence electrons. The molecule has 1 heterocycles. The Morgan fingerprint density at radius 1 is 0.571 bits per heavy atom. The van der Waals surface area contributed by atoms with Crippen LogP contribution in [0, 0.1) is 0 Å². The van der Waals surface area contributed by atoms with Gasteiger partial charge in [0.05, 0.1) is 0 Å². The summed E-state index contributed by atoms with van der Waals surface area (Å²) < 4.78 is 117. The topological polar surface area (TPSA) is 12.0 Å². The van der Waals surface area contributed by atoms with E-state index in [2.05, 4.69) is 5.32 Å². The maximum absolute atomic E-state index is 9.75. The summed E-state index contributed by atoms with van der Waals surface area (Å²) in [4.78, 5) is 0. The minimum absolute atomic E-state index is 0. The first-order valence-electron chi connectivity index (χ1n) is 4.33. The Labute approximate surface area is 157 Å². The molecule has 1 saturated heterocycles. The zero-order chi connectivity index (χ0) is 16.3. The maximum atomic E-state index is 9.75. The summed E-state index contributed by atoms with van der Waals surface area (Å²) in [5, 5.41) is 3.11. The minimum Gasteiger partial charge on any atom is -1.00 e. The molecule has 0 aromatic carbocycles. The van der Waals surface area contributed by atoms with Gasteiger partial charge in [0.15, 0.2) is 0 Å². The maximum Gasteiger partial charge on any atom is 1.00 e. The van der Waals surface area contributed by atoms with Crippen molar-refractivity contribution in [3.05, 3.63) is 0 Å². The molecule has 0 atom stereocenters. The van der Waals surface area contributed by atoms with E-state index >= 15 is 0 Å². The van der Waals surface area contributed by atoms with E-state index in [1.807, 2.05) is 0 Å². The molecule has 0 aromatic rings. The smallest absolute Gasteiger partial charge is 1.00 e. The second-order valence-electron chi connectivity index (χ2n) is 2.59. The first-order chi connectivity index (χ1) is 8.00. The number of hydrogen-bond acceptors (Lipinski definition) is 1. The van der Waals surface area contributed by atoms with Crippen molar-refractivity contribution >= 4 is 21.8 Å². The van der Waals surface area contributed by atoms with Crippen LogP contribution in [0.1, 0.15) is 15.3 Å². The molecule has 1 aliphatic rings. The Morgan fingerprint density at radius 3 is 0.619 bits per heavy atom. The van der Waals surface area contributed by atoms with Crippen LogP contribution < -0.4 is 56.7 Å². The molecule has 1 N–H and O–H groups in total. The van der Waals surface area contributed by atoms with Gasteiger partial charge in [-0.25, -0.2) is 0 Å². The molecule has 0 aliphatic carbocycles. The molecule has 0 amide bonds. The molecule has 0 spiro atoms. The largest absolute Gasteiger partial charge is 1.00 e. The van der Waals surface area contributed by atoms with Crippen molar-refractivity contribution in [1.29, 1.82) is 0 Å². The molecule has 1 fully saturated rings. The predicted molar refractivity (Wildman–Crippen MR) is 55.9 cm³/mol. The van der Waals surface area contributed by atoms with Crippen LogP contribution in [0.2, 0.25) is 0 Å². The Kier molecular flexibility index (Phi) is 25.3. The average molecular weight is 374 g/mol. The van der Waals surface area contributed by atoms with E-state index in [4.69, 9.17) is 0 Å². The van der Waals surface area contributed by atoms with Crippen LogP contribution in [0.3, 0.4) is 0 Å². The first kappa shape index (κ1) is 33.5. The first-order valence-corrected chi connectivity index (χ1v) is 4.33. The summed E-state index contributed by atoms with van der Waals surface area (Å²) in [6, 6.07) is 0. The zero-order valence-electron chi connectivity index (χ0n) is 10.9.